The lowest BCUT2D eigenvalue weighted by Gasteiger charge is -2.46. The van der Waals surface area contributed by atoms with Crippen molar-refractivity contribution in [3.63, 3.8) is 0 Å². The zero-order valence-electron chi connectivity index (χ0n) is 20.4. The Balaban J connectivity index is 1.84. The molecule has 7 atom stereocenters. The van der Waals surface area contributed by atoms with Crippen LogP contribution in [0.2, 0.25) is 0 Å². The number of epoxide rings is 2. The van der Waals surface area contributed by atoms with Crippen LogP contribution in [0.25, 0.3) is 0 Å². The summed E-state index contributed by atoms with van der Waals surface area (Å²) in [6.45, 7) is 10.6. The molecular formula is C24H40ClNO6. The molecule has 3 rings (SSSR count). The van der Waals surface area contributed by atoms with Crippen LogP contribution in [0.3, 0.4) is 0 Å². The fraction of sp³-hybridized carbons (Fsp3) is 0.917. The van der Waals surface area contributed by atoms with Gasteiger partial charge >= 0.3 is 6.09 Å². The molecule has 2 saturated heterocycles. The number of nitrogens with zero attached hydrogens (tertiary/aromatic N) is 1. The molecule has 0 bridgehead atoms. The van der Waals surface area contributed by atoms with Gasteiger partial charge in [-0.1, -0.05) is 40.0 Å². The lowest BCUT2D eigenvalue weighted by molar-refractivity contribution is -0.147. The van der Waals surface area contributed by atoms with Crippen LogP contribution in [0.15, 0.2) is 0 Å². The molecule has 0 N–H and O–H groups in total. The summed E-state index contributed by atoms with van der Waals surface area (Å²) in [4.78, 5) is 24.2. The van der Waals surface area contributed by atoms with Crippen LogP contribution in [0.5, 0.6) is 0 Å². The maximum absolute atomic E-state index is 12.6. The van der Waals surface area contributed by atoms with Gasteiger partial charge in [-0.3, -0.25) is 4.79 Å². The highest BCUT2D eigenvalue weighted by Gasteiger charge is 2.73. The minimum absolute atomic E-state index is 0.0570. The number of halogens is 1. The first-order valence-corrected chi connectivity index (χ1v) is 12.4. The third-order valence-electron chi connectivity index (χ3n) is 7.53. The standard InChI is InChI=1S/C24H40ClNO6/c1-7-8-9-10-17-13-24(14-30-24)21(23(5)18(32-23)12-11-15(2)3)20(29-6)19(17)31-22(28)26(25)16(4)27/h15,17-21H,7-14H2,1-6H3/t17-,18-,19-,20-,21-,23+,24+/m1/s1. The van der Waals surface area contributed by atoms with Crippen LogP contribution >= 0.6 is 11.8 Å². The Labute approximate surface area is 197 Å². The fourth-order valence-electron chi connectivity index (χ4n) is 5.71. The first kappa shape index (κ1) is 25.7. The summed E-state index contributed by atoms with van der Waals surface area (Å²) in [7, 11) is 1.65. The molecule has 1 spiro atoms. The minimum Gasteiger partial charge on any atom is -0.442 e. The molecule has 3 fully saturated rings. The Kier molecular flexibility index (Phi) is 8.17. The summed E-state index contributed by atoms with van der Waals surface area (Å²) >= 11 is 5.87. The molecule has 2 heterocycles. The molecule has 184 valence electrons. The van der Waals surface area contributed by atoms with E-state index in [2.05, 4.69) is 27.7 Å². The molecule has 0 aromatic rings. The van der Waals surface area contributed by atoms with E-state index in [4.69, 9.17) is 30.7 Å². The summed E-state index contributed by atoms with van der Waals surface area (Å²) in [6.07, 6.45) is 5.41. The van der Waals surface area contributed by atoms with Gasteiger partial charge in [0.05, 0.1) is 18.6 Å². The lowest BCUT2D eigenvalue weighted by Crippen LogP contribution is -2.59. The lowest BCUT2D eigenvalue weighted by atomic mass is 9.63. The number of unbranched alkanes of at least 4 members (excludes halogenated alkanes) is 2. The average molecular weight is 474 g/mol. The predicted octanol–water partition coefficient (Wildman–Crippen LogP) is 5.09. The number of carbonyl (C=O) groups is 2. The quantitative estimate of drug-likeness (QED) is 0.250. The van der Waals surface area contributed by atoms with Gasteiger partial charge in [0.15, 0.2) is 0 Å². The van der Waals surface area contributed by atoms with E-state index in [9.17, 15) is 9.59 Å². The maximum atomic E-state index is 12.6. The van der Waals surface area contributed by atoms with Gasteiger partial charge in [0.2, 0.25) is 5.91 Å². The summed E-state index contributed by atoms with van der Waals surface area (Å²) in [5.41, 5.74) is -0.685. The largest absolute Gasteiger partial charge is 0.442 e. The van der Waals surface area contributed by atoms with Crippen LogP contribution in [0.1, 0.15) is 79.6 Å². The predicted molar refractivity (Wildman–Crippen MR) is 121 cm³/mol. The molecule has 3 aliphatic rings. The summed E-state index contributed by atoms with van der Waals surface area (Å²) in [5, 5.41) is 0. The summed E-state index contributed by atoms with van der Waals surface area (Å²) in [6, 6.07) is 0. The maximum Gasteiger partial charge on any atom is 0.432 e. The van der Waals surface area contributed by atoms with Crippen LogP contribution in [0, 0.1) is 17.8 Å². The van der Waals surface area contributed by atoms with Crippen molar-refractivity contribution in [3.05, 3.63) is 0 Å². The van der Waals surface area contributed by atoms with E-state index in [1.165, 1.54) is 6.92 Å². The summed E-state index contributed by atoms with van der Waals surface area (Å²) in [5.74, 6) is 0.0482. The first-order chi connectivity index (χ1) is 15.1. The van der Waals surface area contributed by atoms with E-state index in [0.29, 0.717) is 16.9 Å². The molecular weight excluding hydrogens is 434 g/mol. The number of methoxy groups -OCH3 is 1. The zero-order valence-corrected chi connectivity index (χ0v) is 21.2. The number of amides is 2. The van der Waals surface area contributed by atoms with Gasteiger partial charge in [-0.2, -0.15) is 4.42 Å². The van der Waals surface area contributed by atoms with Crippen LogP contribution in [-0.2, 0) is 23.7 Å². The van der Waals surface area contributed by atoms with Crippen molar-refractivity contribution in [2.24, 2.45) is 17.8 Å². The van der Waals surface area contributed by atoms with Gasteiger partial charge in [0, 0.05) is 31.7 Å². The average Bonchev–Trinajstić information content (AvgIpc) is 3.64. The zero-order chi connectivity index (χ0) is 23.7. The second kappa shape index (κ2) is 10.2. The molecule has 7 nitrogen and oxygen atoms in total. The summed E-state index contributed by atoms with van der Waals surface area (Å²) < 4.78 is 24.8. The third-order valence-corrected chi connectivity index (χ3v) is 7.91. The number of hydrogen-bond donors (Lipinski definition) is 0. The van der Waals surface area contributed by atoms with E-state index in [1.807, 2.05) is 0 Å². The molecule has 0 aromatic carbocycles. The van der Waals surface area contributed by atoms with E-state index in [0.717, 1.165) is 44.9 Å². The molecule has 1 aliphatic carbocycles. The third kappa shape index (κ3) is 5.26. The molecule has 8 heteroatoms. The monoisotopic (exact) mass is 473 g/mol. The SMILES string of the molecule is CCCCC[C@@H]1C[C@]2(CO2)[C@@H]([C@@]2(C)O[C@@H]2CCC(C)C)[C@H](OC)[C@@H]1OC(=O)N(Cl)C(C)=O. The number of imide groups is 1. The normalized spacial score (nSPS) is 38.1. The number of ether oxygens (including phenoxy) is 4. The molecule has 2 amide bonds. The molecule has 0 radical (unpaired) electrons. The van der Waals surface area contributed by atoms with Crippen LogP contribution in [0.4, 0.5) is 4.79 Å². The van der Waals surface area contributed by atoms with Crippen molar-refractivity contribution in [2.45, 2.75) is 109 Å². The molecule has 0 aromatic heterocycles. The Bertz CT molecular complexity index is 683. The Hall–Kier alpha value is -0.890. The van der Waals surface area contributed by atoms with Crippen molar-refractivity contribution in [2.75, 3.05) is 13.7 Å². The van der Waals surface area contributed by atoms with Gasteiger partial charge in [0.25, 0.3) is 0 Å². The van der Waals surface area contributed by atoms with Crippen molar-refractivity contribution in [1.82, 2.24) is 4.42 Å². The van der Waals surface area contributed by atoms with Crippen molar-refractivity contribution in [1.29, 1.82) is 0 Å². The van der Waals surface area contributed by atoms with Gasteiger partial charge < -0.3 is 18.9 Å². The fourth-order valence-corrected chi connectivity index (χ4v) is 5.75. The van der Waals surface area contributed by atoms with Crippen molar-refractivity contribution in [3.8, 4) is 0 Å². The van der Waals surface area contributed by atoms with Crippen molar-refractivity contribution < 1.29 is 28.5 Å². The minimum atomic E-state index is -0.851. The van der Waals surface area contributed by atoms with E-state index < -0.39 is 24.2 Å². The molecule has 0 unspecified atom stereocenters. The van der Waals surface area contributed by atoms with Gasteiger partial charge in [-0.25, -0.2) is 4.79 Å². The molecule has 1 saturated carbocycles. The van der Waals surface area contributed by atoms with Crippen LogP contribution < -0.4 is 0 Å². The highest BCUT2D eigenvalue weighted by molar-refractivity contribution is 6.28. The second-order valence-electron chi connectivity index (χ2n) is 10.4. The smallest absolute Gasteiger partial charge is 0.432 e. The molecule has 2 aliphatic heterocycles. The second-order valence-corrected chi connectivity index (χ2v) is 10.7. The Morgan fingerprint density at radius 1 is 1.22 bits per heavy atom. The van der Waals surface area contributed by atoms with Crippen molar-refractivity contribution >= 4 is 23.8 Å². The topological polar surface area (TPSA) is 80.9 Å². The Morgan fingerprint density at radius 3 is 2.44 bits per heavy atom. The van der Waals surface area contributed by atoms with Crippen LogP contribution in [-0.4, -0.2) is 59.7 Å². The van der Waals surface area contributed by atoms with Gasteiger partial charge in [-0.15, -0.1) is 0 Å². The molecule has 32 heavy (non-hydrogen) atoms. The number of hydrogen-bond acceptors (Lipinski definition) is 6. The number of carbonyl (C=O) groups excluding carboxylic acids is 2. The first-order valence-electron chi connectivity index (χ1n) is 12.1. The highest BCUT2D eigenvalue weighted by atomic mass is 35.5. The van der Waals surface area contributed by atoms with E-state index >= 15 is 0 Å². The Morgan fingerprint density at radius 2 is 1.91 bits per heavy atom. The van der Waals surface area contributed by atoms with Gasteiger partial charge in [0.1, 0.15) is 23.4 Å². The van der Waals surface area contributed by atoms with E-state index in [1.54, 1.807) is 7.11 Å². The number of rotatable bonds is 10. The highest BCUT2D eigenvalue weighted by Crippen LogP contribution is 2.61. The van der Waals surface area contributed by atoms with E-state index in [-0.39, 0.29) is 29.1 Å². The van der Waals surface area contributed by atoms with Gasteiger partial charge in [-0.05, 0) is 38.5 Å².